The molecule has 8 nitrogen and oxygen atoms in total. The van der Waals surface area contributed by atoms with E-state index in [4.69, 9.17) is 15.0 Å². The molecule has 1 aliphatic carbocycles. The summed E-state index contributed by atoms with van der Waals surface area (Å²) in [5.41, 5.74) is 4.03. The Kier molecular flexibility index (Phi) is 7.08. The van der Waals surface area contributed by atoms with Gasteiger partial charge in [0.15, 0.2) is 0 Å². The maximum Gasteiger partial charge on any atom is 0.229 e. The molecule has 1 saturated carbocycles. The largest absolute Gasteiger partial charge is 0.496 e. The first-order chi connectivity index (χ1) is 19.5. The van der Waals surface area contributed by atoms with Crippen LogP contribution in [0.4, 0.5) is 4.39 Å². The quantitative estimate of drug-likeness (QED) is 0.353. The van der Waals surface area contributed by atoms with Crippen molar-refractivity contribution in [3.63, 3.8) is 0 Å². The normalized spacial score (nSPS) is 20.2. The number of methoxy groups -OCH3 is 1. The van der Waals surface area contributed by atoms with E-state index in [1.807, 2.05) is 56.6 Å². The topological polar surface area (TPSA) is 89.0 Å². The van der Waals surface area contributed by atoms with Crippen LogP contribution in [-0.2, 0) is 30.8 Å². The number of para-hydroxylation sites is 1. The molecule has 0 radical (unpaired) electrons. The molecule has 40 heavy (non-hydrogen) atoms. The molecule has 1 aliphatic heterocycles. The van der Waals surface area contributed by atoms with Crippen LogP contribution in [0.2, 0.25) is 0 Å². The van der Waals surface area contributed by atoms with E-state index in [-0.39, 0.29) is 24.3 Å². The molecule has 4 aromatic rings. The van der Waals surface area contributed by atoms with Crippen molar-refractivity contribution >= 4 is 5.91 Å². The Morgan fingerprint density at radius 3 is 2.80 bits per heavy atom. The van der Waals surface area contributed by atoms with Gasteiger partial charge < -0.3 is 18.8 Å². The summed E-state index contributed by atoms with van der Waals surface area (Å²) >= 11 is 0. The van der Waals surface area contributed by atoms with E-state index in [2.05, 4.69) is 11.1 Å². The van der Waals surface area contributed by atoms with Gasteiger partial charge in [0.05, 0.1) is 43.7 Å². The van der Waals surface area contributed by atoms with Crippen molar-refractivity contribution in [3.8, 4) is 23.1 Å². The lowest BCUT2D eigenvalue weighted by atomic mass is 9.82. The SMILES string of the molecule is COc1ccccc1-c1cn2c(n1)CN(C(=O)Cc1cncn1Cc1ccc(C#N)cc1)C1CCCC(F)[C@H]1C2. The number of benzene rings is 2. The first kappa shape index (κ1) is 25.8. The second-order valence-corrected chi connectivity index (χ2v) is 10.6. The molecule has 2 aromatic carbocycles. The number of ether oxygens (including phenoxy) is 1. The van der Waals surface area contributed by atoms with E-state index >= 15 is 4.39 Å². The number of carbonyl (C=O) groups is 1. The van der Waals surface area contributed by atoms with Gasteiger partial charge in [0.2, 0.25) is 5.91 Å². The van der Waals surface area contributed by atoms with Gasteiger partial charge in [-0.15, -0.1) is 0 Å². The number of nitrogens with zero attached hydrogens (tertiary/aromatic N) is 6. The molecule has 0 N–H and O–H groups in total. The molecule has 0 bridgehead atoms. The third-order valence-electron chi connectivity index (χ3n) is 8.19. The summed E-state index contributed by atoms with van der Waals surface area (Å²) in [6.45, 7) is 1.36. The van der Waals surface area contributed by atoms with Gasteiger partial charge in [-0.25, -0.2) is 14.4 Å². The van der Waals surface area contributed by atoms with Gasteiger partial charge >= 0.3 is 0 Å². The number of carbonyl (C=O) groups excluding carboxylic acids is 1. The maximum absolute atomic E-state index is 15.4. The summed E-state index contributed by atoms with van der Waals surface area (Å²) < 4.78 is 24.9. The molecule has 3 atom stereocenters. The number of rotatable bonds is 6. The molecule has 9 heteroatoms. The molecular formula is C31H31FN6O2. The zero-order valence-corrected chi connectivity index (χ0v) is 22.4. The Bertz CT molecular complexity index is 1550. The van der Waals surface area contributed by atoms with E-state index in [9.17, 15) is 4.79 Å². The van der Waals surface area contributed by atoms with E-state index in [1.54, 1.807) is 31.8 Å². The lowest BCUT2D eigenvalue weighted by molar-refractivity contribution is -0.136. The number of aromatic nitrogens is 4. The van der Waals surface area contributed by atoms with Gasteiger partial charge in [-0.2, -0.15) is 5.26 Å². The Balaban J connectivity index is 1.28. The fourth-order valence-electron chi connectivity index (χ4n) is 6.08. The lowest BCUT2D eigenvalue weighted by Crippen LogP contribution is -2.49. The second-order valence-electron chi connectivity index (χ2n) is 10.6. The molecule has 2 aromatic heterocycles. The van der Waals surface area contributed by atoms with Crippen molar-refractivity contribution in [1.29, 1.82) is 5.26 Å². The molecule has 6 rings (SSSR count). The average molecular weight is 539 g/mol. The van der Waals surface area contributed by atoms with Crippen molar-refractivity contribution in [3.05, 3.63) is 89.9 Å². The second kappa shape index (κ2) is 11.0. The summed E-state index contributed by atoms with van der Waals surface area (Å²) in [5.74, 6) is 1.13. The minimum absolute atomic E-state index is 0.0547. The van der Waals surface area contributed by atoms with Gasteiger partial charge in [-0.05, 0) is 49.1 Å². The van der Waals surface area contributed by atoms with Crippen LogP contribution in [0.5, 0.6) is 5.75 Å². The minimum atomic E-state index is -0.973. The van der Waals surface area contributed by atoms with Crippen LogP contribution in [0, 0.1) is 17.2 Å². The van der Waals surface area contributed by atoms with Crippen LogP contribution in [-0.4, -0.2) is 49.2 Å². The predicted octanol–water partition coefficient (Wildman–Crippen LogP) is 4.77. The number of fused-ring (bicyclic) bond motifs is 2. The fraction of sp³-hybridized carbons (Fsp3) is 0.355. The van der Waals surface area contributed by atoms with Gasteiger partial charge in [0.25, 0.3) is 0 Å². The van der Waals surface area contributed by atoms with Crippen LogP contribution in [0.25, 0.3) is 11.3 Å². The van der Waals surface area contributed by atoms with Crippen LogP contribution in [0.1, 0.15) is 41.9 Å². The lowest BCUT2D eigenvalue weighted by Gasteiger charge is -2.39. The van der Waals surface area contributed by atoms with Crippen molar-refractivity contribution in [1.82, 2.24) is 24.0 Å². The third kappa shape index (κ3) is 4.97. The zero-order valence-electron chi connectivity index (χ0n) is 22.4. The van der Waals surface area contributed by atoms with Crippen molar-refractivity contribution < 1.29 is 13.9 Å². The summed E-state index contributed by atoms with van der Waals surface area (Å²) in [4.78, 5) is 25.0. The Morgan fingerprint density at radius 2 is 2.00 bits per heavy atom. The van der Waals surface area contributed by atoms with E-state index in [1.165, 1.54) is 0 Å². The highest BCUT2D eigenvalue weighted by molar-refractivity contribution is 5.79. The predicted molar refractivity (Wildman–Crippen MR) is 147 cm³/mol. The molecule has 1 fully saturated rings. The third-order valence-corrected chi connectivity index (χ3v) is 8.19. The smallest absolute Gasteiger partial charge is 0.229 e. The Hall–Kier alpha value is -4.45. The number of amides is 1. The van der Waals surface area contributed by atoms with E-state index in [0.29, 0.717) is 31.6 Å². The van der Waals surface area contributed by atoms with Crippen LogP contribution >= 0.6 is 0 Å². The van der Waals surface area contributed by atoms with Gasteiger partial charge in [-0.3, -0.25) is 4.79 Å². The molecular weight excluding hydrogens is 507 g/mol. The van der Waals surface area contributed by atoms with Gasteiger partial charge in [0, 0.05) is 48.7 Å². The highest BCUT2D eigenvalue weighted by Crippen LogP contribution is 2.37. The maximum atomic E-state index is 15.4. The summed E-state index contributed by atoms with van der Waals surface area (Å²) in [5, 5.41) is 9.07. The average Bonchev–Trinajstić information content (AvgIpc) is 3.55. The summed E-state index contributed by atoms with van der Waals surface area (Å²) in [6, 6.07) is 17.0. The number of hydrogen-bond donors (Lipinski definition) is 0. The first-order valence-corrected chi connectivity index (χ1v) is 13.6. The molecule has 204 valence electrons. The number of imidazole rings is 2. The van der Waals surface area contributed by atoms with Crippen LogP contribution in [0.15, 0.2) is 67.3 Å². The van der Waals surface area contributed by atoms with Crippen molar-refractivity contribution in [2.45, 2.75) is 57.5 Å². The highest BCUT2D eigenvalue weighted by atomic mass is 19.1. The molecule has 2 aliphatic rings. The van der Waals surface area contributed by atoms with Crippen LogP contribution in [0.3, 0.4) is 0 Å². The molecule has 0 spiro atoms. The fourth-order valence-corrected chi connectivity index (χ4v) is 6.08. The van der Waals surface area contributed by atoms with Crippen molar-refractivity contribution in [2.24, 2.45) is 5.92 Å². The summed E-state index contributed by atoms with van der Waals surface area (Å²) in [6.07, 6.45) is 6.65. The van der Waals surface area contributed by atoms with E-state index in [0.717, 1.165) is 46.9 Å². The van der Waals surface area contributed by atoms with Gasteiger partial charge in [-0.1, -0.05) is 24.3 Å². The number of hydrogen-bond acceptors (Lipinski definition) is 5. The highest BCUT2D eigenvalue weighted by Gasteiger charge is 2.42. The zero-order chi connectivity index (χ0) is 27.6. The number of nitriles is 1. The van der Waals surface area contributed by atoms with Gasteiger partial charge in [0.1, 0.15) is 17.7 Å². The monoisotopic (exact) mass is 538 g/mol. The molecule has 1 amide bonds. The molecule has 0 saturated heterocycles. The summed E-state index contributed by atoms with van der Waals surface area (Å²) in [7, 11) is 1.63. The van der Waals surface area contributed by atoms with E-state index < -0.39 is 6.17 Å². The first-order valence-electron chi connectivity index (χ1n) is 13.6. The van der Waals surface area contributed by atoms with Crippen molar-refractivity contribution in [2.75, 3.05) is 7.11 Å². The van der Waals surface area contributed by atoms with Crippen LogP contribution < -0.4 is 4.74 Å². The Labute approximate surface area is 232 Å². The standard InChI is InChI=1S/C31H31FN6O2/c1-40-29-8-3-2-5-24(29)27-18-36-17-25-26(32)6-4-7-28(25)38(19-30(36)35-27)31(39)13-23-15-34-20-37(23)16-22-11-9-21(14-33)10-12-22/h2-3,5,8-12,15,18,20,25-26,28H,4,6-7,13,16-17,19H2,1H3/t25-,26?,28?/m1/s1. The molecule has 2 unspecified atom stereocenters. The number of halogens is 1. The minimum Gasteiger partial charge on any atom is -0.496 e. The molecule has 3 heterocycles. The Morgan fingerprint density at radius 1 is 1.18 bits per heavy atom. The number of alkyl halides is 1.